The minimum absolute atomic E-state index is 0.242. The van der Waals surface area contributed by atoms with Crippen molar-refractivity contribution in [1.82, 2.24) is 19.8 Å². The van der Waals surface area contributed by atoms with E-state index in [2.05, 4.69) is 55.4 Å². The number of nitrogens with zero attached hydrogens (tertiary/aromatic N) is 3. The SMILES string of the molecule is CCCCCCCCOc1cccc(C(=O)Nc2cc(NC(=O)c3cccc(OCCCCCCCC)c3)cc(-c3nc4c(Cl)c(C(C)(C)C)[nH]n4n3)c2)c1. The van der Waals surface area contributed by atoms with Gasteiger partial charge in [0.1, 0.15) is 16.5 Å². The molecule has 3 aromatic carbocycles. The summed E-state index contributed by atoms with van der Waals surface area (Å²) in [7, 11) is 0. The Morgan fingerprint density at radius 1 is 0.709 bits per heavy atom. The number of fused-ring (bicyclic) bond motifs is 1. The van der Waals surface area contributed by atoms with Crippen LogP contribution in [0.2, 0.25) is 5.02 Å². The van der Waals surface area contributed by atoms with Crippen molar-refractivity contribution in [1.29, 1.82) is 0 Å². The summed E-state index contributed by atoms with van der Waals surface area (Å²) >= 11 is 6.75. The second kappa shape index (κ2) is 20.2. The number of amides is 2. The van der Waals surface area contributed by atoms with Gasteiger partial charge in [-0.2, -0.15) is 4.63 Å². The van der Waals surface area contributed by atoms with E-state index in [1.54, 1.807) is 47.1 Å². The predicted octanol–water partition coefficient (Wildman–Crippen LogP) is 11.7. The van der Waals surface area contributed by atoms with Gasteiger partial charge in [0.2, 0.25) is 0 Å². The van der Waals surface area contributed by atoms with Gasteiger partial charge in [-0.15, -0.1) is 5.10 Å². The van der Waals surface area contributed by atoms with Crippen LogP contribution in [0.4, 0.5) is 11.4 Å². The molecule has 5 aromatic rings. The minimum Gasteiger partial charge on any atom is -0.494 e. The van der Waals surface area contributed by atoms with Gasteiger partial charge in [0.05, 0.1) is 18.9 Å². The van der Waals surface area contributed by atoms with Crippen molar-refractivity contribution in [3.63, 3.8) is 0 Å². The van der Waals surface area contributed by atoms with Crippen molar-refractivity contribution in [2.24, 2.45) is 0 Å². The number of rotatable bonds is 21. The lowest BCUT2D eigenvalue weighted by Crippen LogP contribution is -2.15. The lowest BCUT2D eigenvalue weighted by molar-refractivity contribution is 0.101. The van der Waals surface area contributed by atoms with Gasteiger partial charge < -0.3 is 20.1 Å². The first-order valence-corrected chi connectivity index (χ1v) is 20.3. The van der Waals surface area contributed by atoms with Crippen LogP contribution in [0.5, 0.6) is 11.5 Å². The highest BCUT2D eigenvalue weighted by Crippen LogP contribution is 2.33. The smallest absolute Gasteiger partial charge is 0.255 e. The molecule has 0 spiro atoms. The largest absolute Gasteiger partial charge is 0.494 e. The van der Waals surface area contributed by atoms with Crippen LogP contribution in [0, 0.1) is 0 Å². The molecule has 2 heterocycles. The standard InChI is InChI=1S/C44H57ClN6O4/c1-6-8-10-12-14-16-24-54-36-22-18-20-31(28-36)42(52)46-34-26-33(40-48-41-38(45)39(44(3,4)5)49-51(41)50-40)27-35(30-34)47-43(53)32-21-19-23-37(29-32)55-25-17-15-13-11-9-7-2/h18-23,26-30,49H,6-17,24-25H2,1-5H3,(H,46,52)(H,47,53). The van der Waals surface area contributed by atoms with Crippen molar-refractivity contribution in [2.75, 3.05) is 23.8 Å². The lowest BCUT2D eigenvalue weighted by Gasteiger charge is -2.16. The van der Waals surface area contributed by atoms with Gasteiger partial charge in [-0.05, 0) is 67.4 Å². The zero-order valence-corrected chi connectivity index (χ0v) is 33.9. The number of unbranched alkanes of at least 4 members (excludes halogenated alkanes) is 10. The van der Waals surface area contributed by atoms with Crippen LogP contribution in [-0.2, 0) is 5.41 Å². The maximum Gasteiger partial charge on any atom is 0.255 e. The Labute approximate surface area is 330 Å². The van der Waals surface area contributed by atoms with Gasteiger partial charge in [0.25, 0.3) is 11.8 Å². The molecule has 0 aliphatic heterocycles. The molecule has 0 fully saturated rings. The first kappa shape index (κ1) is 41.3. The summed E-state index contributed by atoms with van der Waals surface area (Å²) < 4.78 is 13.5. The van der Waals surface area contributed by atoms with E-state index >= 15 is 0 Å². The highest BCUT2D eigenvalue weighted by atomic mass is 35.5. The van der Waals surface area contributed by atoms with Gasteiger partial charge in [-0.1, -0.05) is 123 Å². The zero-order chi connectivity index (χ0) is 39.2. The molecule has 10 nitrogen and oxygen atoms in total. The molecule has 0 atom stereocenters. The fourth-order valence-corrected chi connectivity index (χ4v) is 6.77. The summed E-state index contributed by atoms with van der Waals surface area (Å²) in [6.45, 7) is 11.8. The zero-order valence-electron chi connectivity index (χ0n) is 33.1. The topological polar surface area (TPSA) is 123 Å². The Morgan fingerprint density at radius 3 is 1.67 bits per heavy atom. The average molecular weight is 769 g/mol. The number of aromatic nitrogens is 4. The van der Waals surface area contributed by atoms with Gasteiger partial charge in [-0.25, -0.2) is 4.98 Å². The van der Waals surface area contributed by atoms with E-state index in [1.807, 2.05) is 24.3 Å². The maximum atomic E-state index is 13.6. The van der Waals surface area contributed by atoms with Crippen molar-refractivity contribution in [2.45, 2.75) is 117 Å². The van der Waals surface area contributed by atoms with Crippen molar-refractivity contribution in [3.8, 4) is 22.9 Å². The van der Waals surface area contributed by atoms with E-state index in [9.17, 15) is 9.59 Å². The number of ether oxygens (including phenoxy) is 2. The highest BCUT2D eigenvalue weighted by molar-refractivity contribution is 6.34. The number of aromatic amines is 1. The fourth-order valence-electron chi connectivity index (χ4n) is 6.32. The Hall–Kier alpha value is -4.83. The van der Waals surface area contributed by atoms with Crippen LogP contribution in [0.1, 0.15) is 138 Å². The number of H-pyrrole nitrogens is 1. The molecule has 11 heteroatoms. The van der Waals surface area contributed by atoms with E-state index < -0.39 is 0 Å². The number of carbonyl (C=O) groups is 2. The third-order valence-electron chi connectivity index (χ3n) is 9.42. The predicted molar refractivity (Wildman–Crippen MR) is 223 cm³/mol. The molecule has 0 radical (unpaired) electrons. The molecule has 2 aromatic heterocycles. The third-order valence-corrected chi connectivity index (χ3v) is 9.78. The van der Waals surface area contributed by atoms with Crippen LogP contribution in [0.3, 0.4) is 0 Å². The quantitative estimate of drug-likeness (QED) is 0.0639. The van der Waals surface area contributed by atoms with Crippen molar-refractivity contribution < 1.29 is 19.1 Å². The molecule has 0 saturated carbocycles. The summed E-state index contributed by atoms with van der Waals surface area (Å²) in [5.41, 5.74) is 3.44. The van der Waals surface area contributed by atoms with E-state index in [4.69, 9.17) is 26.1 Å². The minimum atomic E-state index is -0.322. The van der Waals surface area contributed by atoms with Crippen LogP contribution < -0.4 is 20.1 Å². The molecule has 0 bridgehead atoms. The number of anilines is 2. The third kappa shape index (κ3) is 12.1. The van der Waals surface area contributed by atoms with Gasteiger partial charge in [0.15, 0.2) is 11.5 Å². The number of hydrogen-bond donors (Lipinski definition) is 3. The van der Waals surface area contributed by atoms with Crippen LogP contribution in [0.15, 0.2) is 66.7 Å². The van der Waals surface area contributed by atoms with E-state index in [-0.39, 0.29) is 17.2 Å². The summed E-state index contributed by atoms with van der Waals surface area (Å²) in [4.78, 5) is 32.0. The molecular weight excluding hydrogens is 712 g/mol. The number of carbonyl (C=O) groups excluding carboxylic acids is 2. The summed E-state index contributed by atoms with van der Waals surface area (Å²) in [6, 6.07) is 19.6. The van der Waals surface area contributed by atoms with E-state index in [1.165, 1.54) is 51.4 Å². The van der Waals surface area contributed by atoms with Gasteiger partial charge in [0, 0.05) is 33.5 Å². The number of halogens is 1. The Morgan fingerprint density at radius 2 is 1.20 bits per heavy atom. The molecule has 0 aliphatic carbocycles. The van der Waals surface area contributed by atoms with Gasteiger partial charge in [-0.3, -0.25) is 14.7 Å². The number of hydrogen-bond acceptors (Lipinski definition) is 6. The monoisotopic (exact) mass is 768 g/mol. The molecule has 3 N–H and O–H groups in total. The molecule has 0 aliphatic rings. The second-order valence-electron chi connectivity index (χ2n) is 15.2. The molecule has 55 heavy (non-hydrogen) atoms. The van der Waals surface area contributed by atoms with Crippen LogP contribution in [-0.4, -0.2) is 44.8 Å². The fraction of sp³-hybridized carbons (Fsp3) is 0.455. The Balaban J connectivity index is 1.33. The number of benzene rings is 3. The Bertz CT molecular complexity index is 1920. The summed E-state index contributed by atoms with van der Waals surface area (Å²) in [6.07, 6.45) is 14.1. The maximum absolute atomic E-state index is 13.6. The molecular formula is C44H57ClN6O4. The van der Waals surface area contributed by atoms with Crippen molar-refractivity contribution in [3.05, 3.63) is 88.6 Å². The lowest BCUT2D eigenvalue weighted by atomic mass is 9.92. The van der Waals surface area contributed by atoms with Crippen LogP contribution >= 0.6 is 11.6 Å². The molecule has 0 unspecified atom stereocenters. The number of nitrogens with one attached hydrogen (secondary N) is 3. The van der Waals surface area contributed by atoms with E-state index in [0.717, 1.165) is 31.4 Å². The van der Waals surface area contributed by atoms with Gasteiger partial charge >= 0.3 is 0 Å². The van der Waals surface area contributed by atoms with E-state index in [0.29, 0.717) is 69.3 Å². The molecule has 294 valence electrons. The first-order chi connectivity index (χ1) is 26.5. The highest BCUT2D eigenvalue weighted by Gasteiger charge is 2.25. The average Bonchev–Trinajstić information content (AvgIpc) is 3.73. The molecule has 0 saturated heterocycles. The van der Waals surface area contributed by atoms with Crippen LogP contribution in [0.25, 0.3) is 17.0 Å². The molecule has 2 amide bonds. The normalized spacial score (nSPS) is 11.5. The Kier molecular flexibility index (Phi) is 15.2. The van der Waals surface area contributed by atoms with Crippen molar-refractivity contribution >= 4 is 40.4 Å². The second-order valence-corrected chi connectivity index (χ2v) is 15.6. The summed E-state index contributed by atoms with van der Waals surface area (Å²) in [5.74, 6) is 1.01. The molecule has 5 rings (SSSR count). The first-order valence-electron chi connectivity index (χ1n) is 19.9. The summed E-state index contributed by atoms with van der Waals surface area (Å²) in [5, 5.41) is 14.4.